The standard InChI is InChI=1S/C13H11BrClFN2/c1-8-4-13(15)18-7-12(8)17-6-9-2-3-11(16)10(14)5-9/h2-5,7,17H,6H2,1H3. The second-order valence-corrected chi connectivity index (χ2v) is 5.17. The van der Waals surface area contributed by atoms with Gasteiger partial charge in [0.25, 0.3) is 0 Å². The molecule has 1 aromatic heterocycles. The molecule has 5 heteroatoms. The maximum atomic E-state index is 13.1. The van der Waals surface area contributed by atoms with Crippen molar-refractivity contribution in [2.75, 3.05) is 5.32 Å². The van der Waals surface area contributed by atoms with Crippen LogP contribution < -0.4 is 5.32 Å². The molecule has 0 amide bonds. The molecule has 2 nitrogen and oxygen atoms in total. The molecule has 2 rings (SSSR count). The monoisotopic (exact) mass is 328 g/mol. The van der Waals surface area contributed by atoms with Crippen molar-refractivity contribution >= 4 is 33.2 Å². The lowest BCUT2D eigenvalue weighted by Gasteiger charge is -2.09. The van der Waals surface area contributed by atoms with Crippen molar-refractivity contribution in [1.29, 1.82) is 0 Å². The highest BCUT2D eigenvalue weighted by Crippen LogP contribution is 2.20. The molecule has 0 spiro atoms. The smallest absolute Gasteiger partial charge is 0.137 e. The molecule has 0 radical (unpaired) electrons. The summed E-state index contributed by atoms with van der Waals surface area (Å²) in [5, 5.41) is 3.71. The van der Waals surface area contributed by atoms with E-state index in [1.54, 1.807) is 24.4 Å². The topological polar surface area (TPSA) is 24.9 Å². The van der Waals surface area contributed by atoms with Crippen LogP contribution in [-0.2, 0) is 6.54 Å². The van der Waals surface area contributed by atoms with Crippen LogP contribution >= 0.6 is 27.5 Å². The average molecular weight is 330 g/mol. The van der Waals surface area contributed by atoms with Gasteiger partial charge in [-0.1, -0.05) is 17.7 Å². The Morgan fingerprint density at radius 1 is 1.39 bits per heavy atom. The van der Waals surface area contributed by atoms with Crippen molar-refractivity contribution in [3.63, 3.8) is 0 Å². The number of nitrogens with one attached hydrogen (secondary N) is 1. The lowest BCUT2D eigenvalue weighted by atomic mass is 10.2. The normalized spacial score (nSPS) is 10.4. The van der Waals surface area contributed by atoms with Crippen LogP contribution in [0.15, 0.2) is 34.9 Å². The van der Waals surface area contributed by atoms with E-state index in [0.717, 1.165) is 16.8 Å². The second-order valence-electron chi connectivity index (χ2n) is 3.92. The number of rotatable bonds is 3. The van der Waals surface area contributed by atoms with Gasteiger partial charge in [0.2, 0.25) is 0 Å². The first kappa shape index (κ1) is 13.3. The summed E-state index contributed by atoms with van der Waals surface area (Å²) >= 11 is 8.95. The van der Waals surface area contributed by atoms with Gasteiger partial charge in [0, 0.05) is 6.54 Å². The number of anilines is 1. The Labute approximate surface area is 118 Å². The van der Waals surface area contributed by atoms with Crippen LogP contribution in [0.2, 0.25) is 5.15 Å². The van der Waals surface area contributed by atoms with Crippen LogP contribution in [0.4, 0.5) is 10.1 Å². The van der Waals surface area contributed by atoms with Crippen molar-refractivity contribution in [1.82, 2.24) is 4.98 Å². The van der Waals surface area contributed by atoms with Crippen LogP contribution in [0.25, 0.3) is 0 Å². The number of benzene rings is 1. The fourth-order valence-electron chi connectivity index (χ4n) is 1.55. The predicted molar refractivity (Wildman–Crippen MR) is 75.4 cm³/mol. The predicted octanol–water partition coefficient (Wildman–Crippen LogP) is 4.56. The summed E-state index contributed by atoms with van der Waals surface area (Å²) in [6.45, 7) is 2.56. The number of halogens is 3. The number of hydrogen-bond donors (Lipinski definition) is 1. The first-order valence-corrected chi connectivity index (χ1v) is 6.53. The second kappa shape index (κ2) is 5.67. The van der Waals surface area contributed by atoms with E-state index in [-0.39, 0.29) is 5.82 Å². The Kier molecular flexibility index (Phi) is 4.19. The average Bonchev–Trinajstić information content (AvgIpc) is 2.32. The molecule has 94 valence electrons. The molecule has 0 aliphatic rings. The van der Waals surface area contributed by atoms with E-state index in [9.17, 15) is 4.39 Å². The Morgan fingerprint density at radius 3 is 2.83 bits per heavy atom. The summed E-state index contributed by atoms with van der Waals surface area (Å²) in [5.74, 6) is -0.261. The minimum Gasteiger partial charge on any atom is -0.380 e. The van der Waals surface area contributed by atoms with Crippen molar-refractivity contribution in [3.8, 4) is 0 Å². The Hall–Kier alpha value is -1.13. The highest BCUT2D eigenvalue weighted by molar-refractivity contribution is 9.10. The van der Waals surface area contributed by atoms with E-state index in [1.807, 2.05) is 6.92 Å². The van der Waals surface area contributed by atoms with Gasteiger partial charge in [-0.05, 0) is 52.2 Å². The van der Waals surface area contributed by atoms with Gasteiger partial charge >= 0.3 is 0 Å². The number of aryl methyl sites for hydroxylation is 1. The molecule has 0 fully saturated rings. The number of hydrogen-bond acceptors (Lipinski definition) is 2. The van der Waals surface area contributed by atoms with Crippen LogP contribution in [0.3, 0.4) is 0 Å². The quantitative estimate of drug-likeness (QED) is 0.835. The van der Waals surface area contributed by atoms with Crippen LogP contribution in [-0.4, -0.2) is 4.98 Å². The van der Waals surface area contributed by atoms with E-state index in [4.69, 9.17) is 11.6 Å². The number of pyridine rings is 1. The first-order chi connectivity index (χ1) is 8.56. The first-order valence-electron chi connectivity index (χ1n) is 5.36. The van der Waals surface area contributed by atoms with Crippen LogP contribution in [0, 0.1) is 12.7 Å². The van der Waals surface area contributed by atoms with Gasteiger partial charge in [-0.2, -0.15) is 0 Å². The number of aromatic nitrogens is 1. The van der Waals surface area contributed by atoms with E-state index in [1.165, 1.54) is 6.07 Å². The molecular weight excluding hydrogens is 319 g/mol. The maximum absolute atomic E-state index is 13.1. The molecule has 1 N–H and O–H groups in total. The number of nitrogens with zero attached hydrogens (tertiary/aromatic N) is 1. The fourth-order valence-corrected chi connectivity index (χ4v) is 2.19. The van der Waals surface area contributed by atoms with Crippen molar-refractivity contribution < 1.29 is 4.39 Å². The lowest BCUT2D eigenvalue weighted by Crippen LogP contribution is -2.02. The Bertz CT molecular complexity index is 575. The molecule has 1 aromatic carbocycles. The zero-order valence-electron chi connectivity index (χ0n) is 9.67. The molecule has 0 aliphatic heterocycles. The van der Waals surface area contributed by atoms with Crippen molar-refractivity contribution in [2.24, 2.45) is 0 Å². The maximum Gasteiger partial charge on any atom is 0.137 e. The molecule has 0 saturated heterocycles. The highest BCUT2D eigenvalue weighted by Gasteiger charge is 2.02. The summed E-state index contributed by atoms with van der Waals surface area (Å²) in [4.78, 5) is 4.02. The summed E-state index contributed by atoms with van der Waals surface area (Å²) < 4.78 is 13.5. The van der Waals surface area contributed by atoms with Gasteiger partial charge in [-0.3, -0.25) is 0 Å². The zero-order chi connectivity index (χ0) is 13.1. The summed E-state index contributed by atoms with van der Waals surface area (Å²) in [6, 6.07) is 6.73. The minimum absolute atomic E-state index is 0.261. The van der Waals surface area contributed by atoms with Crippen molar-refractivity contribution in [2.45, 2.75) is 13.5 Å². The van der Waals surface area contributed by atoms with Gasteiger partial charge in [0.05, 0.1) is 16.4 Å². The molecule has 0 saturated carbocycles. The van der Waals surface area contributed by atoms with Crippen LogP contribution in [0.1, 0.15) is 11.1 Å². The van der Waals surface area contributed by atoms with Crippen LogP contribution in [0.5, 0.6) is 0 Å². The third-order valence-corrected chi connectivity index (χ3v) is 3.36. The summed E-state index contributed by atoms with van der Waals surface area (Å²) in [6.07, 6.45) is 1.69. The molecule has 0 unspecified atom stereocenters. The molecular formula is C13H11BrClFN2. The van der Waals surface area contributed by atoms with Gasteiger partial charge in [0.15, 0.2) is 0 Å². The van der Waals surface area contributed by atoms with Gasteiger partial charge in [-0.15, -0.1) is 0 Å². The SMILES string of the molecule is Cc1cc(Cl)ncc1NCc1ccc(F)c(Br)c1. The Balaban J connectivity index is 2.09. The van der Waals surface area contributed by atoms with E-state index in [0.29, 0.717) is 16.2 Å². The summed E-state index contributed by atoms with van der Waals surface area (Å²) in [5.41, 5.74) is 2.92. The largest absolute Gasteiger partial charge is 0.380 e. The lowest BCUT2D eigenvalue weighted by molar-refractivity contribution is 0.620. The molecule has 18 heavy (non-hydrogen) atoms. The van der Waals surface area contributed by atoms with Crippen molar-refractivity contribution in [3.05, 3.63) is 57.0 Å². The third-order valence-electron chi connectivity index (χ3n) is 2.54. The molecule has 0 aliphatic carbocycles. The fraction of sp³-hybridized carbons (Fsp3) is 0.154. The van der Waals surface area contributed by atoms with E-state index < -0.39 is 0 Å². The van der Waals surface area contributed by atoms with E-state index >= 15 is 0 Å². The molecule has 1 heterocycles. The molecule has 2 aromatic rings. The zero-order valence-corrected chi connectivity index (χ0v) is 12.0. The highest BCUT2D eigenvalue weighted by atomic mass is 79.9. The third kappa shape index (κ3) is 3.21. The molecule has 0 atom stereocenters. The summed E-state index contributed by atoms with van der Waals surface area (Å²) in [7, 11) is 0. The molecule has 0 bridgehead atoms. The van der Waals surface area contributed by atoms with Gasteiger partial charge < -0.3 is 5.32 Å². The minimum atomic E-state index is -0.261. The van der Waals surface area contributed by atoms with E-state index in [2.05, 4.69) is 26.2 Å². The van der Waals surface area contributed by atoms with Gasteiger partial charge in [0.1, 0.15) is 11.0 Å². The Morgan fingerprint density at radius 2 is 2.17 bits per heavy atom. The van der Waals surface area contributed by atoms with Gasteiger partial charge in [-0.25, -0.2) is 9.37 Å².